The molecule has 0 spiro atoms. The predicted octanol–water partition coefficient (Wildman–Crippen LogP) is 1.96. The summed E-state index contributed by atoms with van der Waals surface area (Å²) >= 11 is 6.16. The van der Waals surface area contributed by atoms with Crippen LogP contribution in [0.4, 0.5) is 0 Å². The summed E-state index contributed by atoms with van der Waals surface area (Å²) < 4.78 is 11.4. The smallest absolute Gasteiger partial charge is 0.261 e. The van der Waals surface area contributed by atoms with Crippen LogP contribution in [0.2, 0.25) is 5.02 Å². The second kappa shape index (κ2) is 7.25. The molecule has 1 saturated heterocycles. The highest BCUT2D eigenvalue weighted by Crippen LogP contribution is 2.30. The average molecular weight is 355 g/mol. The van der Waals surface area contributed by atoms with Gasteiger partial charge in [0.1, 0.15) is 5.56 Å². The predicted molar refractivity (Wildman–Crippen MR) is 90.7 cm³/mol. The molecule has 1 aliphatic heterocycles. The number of amides is 1. The molecule has 1 saturated carbocycles. The van der Waals surface area contributed by atoms with Gasteiger partial charge < -0.3 is 19.8 Å². The maximum atomic E-state index is 12.6. The normalized spacial score (nSPS) is 24.0. The van der Waals surface area contributed by atoms with E-state index in [9.17, 15) is 9.59 Å². The molecule has 1 aliphatic carbocycles. The molecule has 7 heteroatoms. The van der Waals surface area contributed by atoms with Crippen molar-refractivity contribution in [2.24, 2.45) is 5.92 Å². The highest BCUT2D eigenvalue weighted by Gasteiger charge is 2.31. The third-order valence-corrected chi connectivity index (χ3v) is 5.21. The van der Waals surface area contributed by atoms with Crippen LogP contribution in [0, 0.1) is 19.8 Å². The minimum atomic E-state index is -0.439. The SMILES string of the molecule is Cc1[nH]c(=O)c(C(=O)N[C@@H]2COCC[C@@H]2OCC2CC2)c(C)c1Cl. The van der Waals surface area contributed by atoms with Gasteiger partial charge in [0.25, 0.3) is 11.5 Å². The van der Waals surface area contributed by atoms with Crippen molar-refractivity contribution in [2.75, 3.05) is 19.8 Å². The van der Waals surface area contributed by atoms with Gasteiger partial charge in [-0.25, -0.2) is 0 Å². The first kappa shape index (κ1) is 17.5. The van der Waals surface area contributed by atoms with Gasteiger partial charge in [-0.2, -0.15) is 0 Å². The van der Waals surface area contributed by atoms with E-state index in [1.807, 2.05) is 0 Å². The van der Waals surface area contributed by atoms with Crippen molar-refractivity contribution in [3.8, 4) is 0 Å². The van der Waals surface area contributed by atoms with Crippen LogP contribution in [0.15, 0.2) is 4.79 Å². The summed E-state index contributed by atoms with van der Waals surface area (Å²) in [6.45, 7) is 5.12. The number of ether oxygens (including phenoxy) is 2. The minimum Gasteiger partial charge on any atom is -0.379 e. The fourth-order valence-corrected chi connectivity index (χ4v) is 3.10. The molecule has 2 aliphatic rings. The van der Waals surface area contributed by atoms with Crippen LogP contribution in [-0.2, 0) is 9.47 Å². The number of pyridine rings is 1. The van der Waals surface area contributed by atoms with E-state index in [-0.39, 0.29) is 17.7 Å². The number of aromatic amines is 1. The second-order valence-corrected chi connectivity index (χ2v) is 7.03. The lowest BCUT2D eigenvalue weighted by Gasteiger charge is -2.32. The van der Waals surface area contributed by atoms with Crippen LogP contribution < -0.4 is 10.9 Å². The standard InChI is InChI=1S/C17H23ClN2O4/c1-9-14(16(21)19-10(2)15(9)18)17(22)20-12-8-23-6-5-13(12)24-7-11-3-4-11/h11-13H,3-8H2,1-2H3,(H,19,21)(H,20,22)/t12-,13+/m1/s1. The molecule has 2 fully saturated rings. The van der Waals surface area contributed by atoms with Crippen LogP contribution in [0.3, 0.4) is 0 Å². The van der Waals surface area contributed by atoms with Crippen molar-refractivity contribution >= 4 is 17.5 Å². The van der Waals surface area contributed by atoms with E-state index in [2.05, 4.69) is 10.3 Å². The average Bonchev–Trinajstić information content (AvgIpc) is 3.36. The Labute approximate surface area is 145 Å². The van der Waals surface area contributed by atoms with Crippen molar-refractivity contribution in [3.05, 3.63) is 32.2 Å². The first-order chi connectivity index (χ1) is 11.5. The summed E-state index contributed by atoms with van der Waals surface area (Å²) in [6, 6.07) is -0.260. The lowest BCUT2D eigenvalue weighted by atomic mass is 10.0. The van der Waals surface area contributed by atoms with Crippen LogP contribution in [0.25, 0.3) is 0 Å². The highest BCUT2D eigenvalue weighted by molar-refractivity contribution is 6.32. The molecule has 24 heavy (non-hydrogen) atoms. The number of carbonyl (C=O) groups is 1. The molecule has 0 radical (unpaired) electrons. The summed E-state index contributed by atoms with van der Waals surface area (Å²) in [6.07, 6.45) is 3.10. The molecular formula is C17H23ClN2O4. The Morgan fingerprint density at radius 1 is 1.38 bits per heavy atom. The molecular weight excluding hydrogens is 332 g/mol. The lowest BCUT2D eigenvalue weighted by molar-refractivity contribution is -0.0567. The second-order valence-electron chi connectivity index (χ2n) is 6.65. The van der Waals surface area contributed by atoms with Crippen LogP contribution in [-0.4, -0.2) is 42.9 Å². The first-order valence-corrected chi connectivity index (χ1v) is 8.74. The Balaban J connectivity index is 1.72. The molecule has 6 nitrogen and oxygen atoms in total. The fraction of sp³-hybridized carbons (Fsp3) is 0.647. The molecule has 1 aromatic heterocycles. The number of aryl methyl sites for hydroxylation is 1. The number of halogens is 1. The van der Waals surface area contributed by atoms with Gasteiger partial charge >= 0.3 is 0 Å². The number of aromatic nitrogens is 1. The fourth-order valence-electron chi connectivity index (χ4n) is 2.96. The number of H-pyrrole nitrogens is 1. The number of rotatable bonds is 5. The van der Waals surface area contributed by atoms with Crippen molar-refractivity contribution in [2.45, 2.75) is 45.3 Å². The Morgan fingerprint density at radius 3 is 2.83 bits per heavy atom. The Kier molecular flexibility index (Phi) is 5.27. The third-order valence-electron chi connectivity index (χ3n) is 4.64. The first-order valence-electron chi connectivity index (χ1n) is 8.36. The van der Waals surface area contributed by atoms with Crippen LogP contribution >= 0.6 is 11.6 Å². The highest BCUT2D eigenvalue weighted by atomic mass is 35.5. The van der Waals surface area contributed by atoms with Crippen LogP contribution in [0.1, 0.15) is 40.9 Å². The lowest BCUT2D eigenvalue weighted by Crippen LogP contribution is -2.51. The molecule has 2 heterocycles. The summed E-state index contributed by atoms with van der Waals surface area (Å²) in [5, 5.41) is 3.29. The zero-order valence-corrected chi connectivity index (χ0v) is 14.7. The molecule has 2 atom stereocenters. The molecule has 2 N–H and O–H groups in total. The van der Waals surface area contributed by atoms with E-state index >= 15 is 0 Å². The summed E-state index contributed by atoms with van der Waals surface area (Å²) in [4.78, 5) is 27.4. The van der Waals surface area contributed by atoms with Gasteiger partial charge in [0.15, 0.2) is 0 Å². The maximum Gasteiger partial charge on any atom is 0.261 e. The quantitative estimate of drug-likeness (QED) is 0.847. The molecule has 0 bridgehead atoms. The topological polar surface area (TPSA) is 80.4 Å². The van der Waals surface area contributed by atoms with Crippen molar-refractivity contribution in [1.29, 1.82) is 0 Å². The summed E-state index contributed by atoms with van der Waals surface area (Å²) in [5.41, 5.74) is 0.668. The van der Waals surface area contributed by atoms with Crippen molar-refractivity contribution in [3.63, 3.8) is 0 Å². The monoisotopic (exact) mass is 354 g/mol. The van der Waals surface area contributed by atoms with E-state index in [0.29, 0.717) is 35.4 Å². The summed E-state index contributed by atoms with van der Waals surface area (Å²) in [5.74, 6) is 0.219. The Morgan fingerprint density at radius 2 is 2.12 bits per heavy atom. The van der Waals surface area contributed by atoms with Crippen molar-refractivity contribution in [1.82, 2.24) is 10.3 Å². The van der Waals surface area contributed by atoms with Crippen LogP contribution in [0.5, 0.6) is 0 Å². The van der Waals surface area contributed by atoms with Gasteiger partial charge in [0.05, 0.1) is 23.8 Å². The van der Waals surface area contributed by atoms with Gasteiger partial charge in [0.2, 0.25) is 0 Å². The number of carbonyl (C=O) groups excluding carboxylic acids is 1. The van der Waals surface area contributed by atoms with Gasteiger partial charge in [-0.3, -0.25) is 9.59 Å². The van der Waals surface area contributed by atoms with E-state index in [0.717, 1.165) is 13.0 Å². The number of nitrogens with one attached hydrogen (secondary N) is 2. The zero-order chi connectivity index (χ0) is 17.3. The molecule has 1 amide bonds. The maximum absolute atomic E-state index is 12.6. The van der Waals surface area contributed by atoms with Crippen molar-refractivity contribution < 1.29 is 14.3 Å². The van der Waals surface area contributed by atoms with Gasteiger partial charge in [-0.1, -0.05) is 11.6 Å². The number of hydrogen-bond acceptors (Lipinski definition) is 4. The molecule has 1 aromatic rings. The van der Waals surface area contributed by atoms with E-state index < -0.39 is 11.5 Å². The Bertz CT molecular complexity index is 684. The van der Waals surface area contributed by atoms with Gasteiger partial charge in [-0.05, 0) is 44.6 Å². The van der Waals surface area contributed by atoms with Gasteiger partial charge in [0, 0.05) is 18.9 Å². The van der Waals surface area contributed by atoms with E-state index in [4.69, 9.17) is 21.1 Å². The molecule has 0 aromatic carbocycles. The third kappa shape index (κ3) is 3.82. The van der Waals surface area contributed by atoms with E-state index in [1.54, 1.807) is 13.8 Å². The summed E-state index contributed by atoms with van der Waals surface area (Å²) in [7, 11) is 0. The molecule has 0 unspecified atom stereocenters. The molecule has 132 valence electrons. The van der Waals surface area contributed by atoms with Gasteiger partial charge in [-0.15, -0.1) is 0 Å². The Hall–Kier alpha value is -1.37. The zero-order valence-electron chi connectivity index (χ0n) is 14.0. The minimum absolute atomic E-state index is 0.0529. The number of hydrogen-bond donors (Lipinski definition) is 2. The molecule has 3 rings (SSSR count). The largest absolute Gasteiger partial charge is 0.379 e. The van der Waals surface area contributed by atoms with E-state index in [1.165, 1.54) is 12.8 Å².